The Morgan fingerprint density at radius 3 is 1.78 bits per heavy atom. The molecule has 0 fully saturated rings. The first kappa shape index (κ1) is 15.0. The molecule has 1 rings (SSSR count). The molecule has 0 amide bonds. The fourth-order valence-electron chi connectivity index (χ4n) is 2.06. The van der Waals surface area contributed by atoms with Crippen LogP contribution in [0.1, 0.15) is 58.6 Å². The summed E-state index contributed by atoms with van der Waals surface area (Å²) in [6.07, 6.45) is 4.72. The van der Waals surface area contributed by atoms with E-state index in [-0.39, 0.29) is 10.8 Å². The number of rotatable bonds is 2. The molecule has 1 atom stereocenters. The normalized spacial score (nSPS) is 15.1. The highest BCUT2D eigenvalue weighted by atomic mass is 14.3. The minimum Gasteiger partial charge on any atom is -0.0825 e. The quantitative estimate of drug-likeness (QED) is 0.583. The van der Waals surface area contributed by atoms with Gasteiger partial charge in [0.1, 0.15) is 0 Å². The number of allylic oxidation sites excluding steroid dienone is 2. The number of benzene rings is 1. The predicted molar refractivity (Wildman–Crippen MR) is 82.0 cm³/mol. The minimum absolute atomic E-state index is 0.244. The molecule has 0 aliphatic heterocycles. The van der Waals surface area contributed by atoms with E-state index in [1.165, 1.54) is 11.1 Å². The molecule has 0 bridgehead atoms. The largest absolute Gasteiger partial charge is 0.0825 e. The van der Waals surface area contributed by atoms with E-state index in [0.29, 0.717) is 5.92 Å². The molecule has 1 aromatic carbocycles. The van der Waals surface area contributed by atoms with Crippen LogP contribution in [0.25, 0.3) is 0 Å². The molecule has 0 N–H and O–H groups in total. The van der Waals surface area contributed by atoms with Gasteiger partial charge in [-0.05, 0) is 23.3 Å². The Kier molecular flexibility index (Phi) is 4.42. The summed E-state index contributed by atoms with van der Waals surface area (Å²) in [5, 5.41) is 0. The van der Waals surface area contributed by atoms with Crippen LogP contribution in [0.2, 0.25) is 0 Å². The van der Waals surface area contributed by atoms with Gasteiger partial charge in [0, 0.05) is 5.92 Å². The van der Waals surface area contributed by atoms with E-state index in [9.17, 15) is 0 Å². The topological polar surface area (TPSA) is 0 Å². The number of hydrogen-bond donors (Lipinski definition) is 0. The second-order valence-electron chi connectivity index (χ2n) is 7.48. The Bertz CT molecular complexity index is 393. The Morgan fingerprint density at radius 2 is 1.39 bits per heavy atom. The molecule has 0 aliphatic rings. The van der Waals surface area contributed by atoms with Crippen molar-refractivity contribution in [2.24, 2.45) is 10.8 Å². The van der Waals surface area contributed by atoms with Crippen LogP contribution in [-0.4, -0.2) is 0 Å². The zero-order valence-corrected chi connectivity index (χ0v) is 13.0. The Hall–Kier alpha value is -1.04. The second kappa shape index (κ2) is 5.30. The fraction of sp³-hybridized carbons (Fsp3) is 0.556. The van der Waals surface area contributed by atoms with Gasteiger partial charge < -0.3 is 0 Å². The molecular weight excluding hydrogens is 216 g/mol. The van der Waals surface area contributed by atoms with Gasteiger partial charge in [-0.1, -0.05) is 83.5 Å². The molecule has 0 saturated carbocycles. The number of hydrogen-bond acceptors (Lipinski definition) is 0. The van der Waals surface area contributed by atoms with Crippen molar-refractivity contribution in [3.8, 4) is 0 Å². The first-order valence-electron chi connectivity index (χ1n) is 6.85. The Morgan fingerprint density at radius 1 is 0.889 bits per heavy atom. The summed E-state index contributed by atoms with van der Waals surface area (Å²) >= 11 is 0. The third kappa shape index (κ3) is 4.68. The molecule has 1 aromatic rings. The van der Waals surface area contributed by atoms with Gasteiger partial charge in [0.15, 0.2) is 0 Å². The maximum atomic E-state index is 2.38. The van der Waals surface area contributed by atoms with Crippen molar-refractivity contribution >= 4 is 0 Å². The summed E-state index contributed by atoms with van der Waals surface area (Å²) in [7, 11) is 0. The highest BCUT2D eigenvalue weighted by Gasteiger charge is 2.24. The third-order valence-electron chi connectivity index (χ3n) is 3.16. The van der Waals surface area contributed by atoms with Crippen LogP contribution in [0.4, 0.5) is 0 Å². The first-order valence-corrected chi connectivity index (χ1v) is 6.85. The van der Waals surface area contributed by atoms with Gasteiger partial charge in [0.25, 0.3) is 0 Å². The first-order chi connectivity index (χ1) is 8.09. The smallest absolute Gasteiger partial charge is 0.00667 e. The van der Waals surface area contributed by atoms with Crippen molar-refractivity contribution in [2.45, 2.75) is 54.4 Å². The zero-order valence-electron chi connectivity index (χ0n) is 13.0. The summed E-state index contributed by atoms with van der Waals surface area (Å²) in [5.41, 5.74) is 3.23. The monoisotopic (exact) mass is 244 g/mol. The van der Waals surface area contributed by atoms with Crippen LogP contribution in [0, 0.1) is 17.8 Å². The van der Waals surface area contributed by atoms with Gasteiger partial charge in [-0.3, -0.25) is 0 Å². The van der Waals surface area contributed by atoms with Crippen molar-refractivity contribution in [3.05, 3.63) is 47.5 Å². The summed E-state index contributed by atoms with van der Waals surface area (Å²) in [6.45, 7) is 15.8. The molecule has 0 aromatic heterocycles. The van der Waals surface area contributed by atoms with Crippen LogP contribution in [0.3, 0.4) is 0 Å². The van der Waals surface area contributed by atoms with Crippen molar-refractivity contribution < 1.29 is 0 Å². The highest BCUT2D eigenvalue weighted by molar-refractivity contribution is 5.29. The SMILES string of the molecule is Cc1ccc(C(/C=C/C(C)(C)C)C(C)(C)C)cc1. The van der Waals surface area contributed by atoms with Crippen LogP contribution >= 0.6 is 0 Å². The lowest BCUT2D eigenvalue weighted by Crippen LogP contribution is -2.17. The van der Waals surface area contributed by atoms with Crippen LogP contribution in [0.15, 0.2) is 36.4 Å². The van der Waals surface area contributed by atoms with Crippen molar-refractivity contribution in [2.75, 3.05) is 0 Å². The molecule has 100 valence electrons. The van der Waals surface area contributed by atoms with E-state index in [0.717, 1.165) is 0 Å². The van der Waals surface area contributed by atoms with Crippen molar-refractivity contribution in [1.82, 2.24) is 0 Å². The lowest BCUT2D eigenvalue weighted by atomic mass is 9.75. The maximum absolute atomic E-state index is 2.38. The van der Waals surface area contributed by atoms with E-state index in [1.54, 1.807) is 0 Å². The van der Waals surface area contributed by atoms with Gasteiger partial charge in [0.2, 0.25) is 0 Å². The highest BCUT2D eigenvalue weighted by Crippen LogP contribution is 2.37. The summed E-state index contributed by atoms with van der Waals surface area (Å²) in [5.74, 6) is 0.470. The van der Waals surface area contributed by atoms with E-state index in [1.807, 2.05) is 0 Å². The Balaban J connectivity index is 3.07. The maximum Gasteiger partial charge on any atom is 0.00667 e. The summed E-state index contributed by atoms with van der Waals surface area (Å²) < 4.78 is 0. The van der Waals surface area contributed by atoms with Gasteiger partial charge in [-0.15, -0.1) is 0 Å². The van der Waals surface area contributed by atoms with Crippen LogP contribution < -0.4 is 0 Å². The molecule has 18 heavy (non-hydrogen) atoms. The zero-order chi connectivity index (χ0) is 14.0. The van der Waals surface area contributed by atoms with Gasteiger partial charge in [-0.25, -0.2) is 0 Å². The minimum atomic E-state index is 0.244. The van der Waals surface area contributed by atoms with E-state index < -0.39 is 0 Å². The molecule has 0 saturated heterocycles. The van der Waals surface area contributed by atoms with Gasteiger partial charge in [0.05, 0.1) is 0 Å². The van der Waals surface area contributed by atoms with Crippen molar-refractivity contribution in [3.63, 3.8) is 0 Å². The fourth-order valence-corrected chi connectivity index (χ4v) is 2.06. The molecule has 0 nitrogen and oxygen atoms in total. The lowest BCUT2D eigenvalue weighted by molar-refractivity contribution is 0.363. The third-order valence-corrected chi connectivity index (χ3v) is 3.16. The molecule has 1 unspecified atom stereocenters. The standard InChI is InChI=1S/C18H28/c1-14-8-10-15(11-9-14)16(18(5,6)7)12-13-17(2,3)4/h8-13,16H,1-7H3/b13-12+. The van der Waals surface area contributed by atoms with E-state index in [4.69, 9.17) is 0 Å². The molecule has 0 radical (unpaired) electrons. The van der Waals surface area contributed by atoms with Gasteiger partial charge >= 0.3 is 0 Å². The van der Waals surface area contributed by atoms with E-state index >= 15 is 0 Å². The molecule has 0 spiro atoms. The Labute approximate surface area is 113 Å². The molecule has 0 heterocycles. The molecule has 0 aliphatic carbocycles. The van der Waals surface area contributed by atoms with Crippen molar-refractivity contribution in [1.29, 1.82) is 0 Å². The van der Waals surface area contributed by atoms with Crippen LogP contribution in [0.5, 0.6) is 0 Å². The molecule has 0 heteroatoms. The predicted octanol–water partition coefficient (Wildman–Crippen LogP) is 5.73. The summed E-state index contributed by atoms with van der Waals surface area (Å²) in [6, 6.07) is 8.94. The van der Waals surface area contributed by atoms with Crippen LogP contribution in [-0.2, 0) is 0 Å². The summed E-state index contributed by atoms with van der Waals surface area (Å²) in [4.78, 5) is 0. The number of aryl methyl sites for hydroxylation is 1. The average Bonchev–Trinajstić information content (AvgIpc) is 2.17. The molecular formula is C18H28. The van der Waals surface area contributed by atoms with Gasteiger partial charge in [-0.2, -0.15) is 0 Å². The lowest BCUT2D eigenvalue weighted by Gasteiger charge is -2.29. The average molecular weight is 244 g/mol. The van der Waals surface area contributed by atoms with E-state index in [2.05, 4.69) is 84.9 Å². The second-order valence-corrected chi connectivity index (χ2v) is 7.48.